The molecule has 0 radical (unpaired) electrons. The van der Waals surface area contributed by atoms with E-state index in [9.17, 15) is 4.79 Å². The maximum atomic E-state index is 13.0. The molecule has 1 atom stereocenters. The molecule has 3 aromatic rings. The molecule has 130 valence electrons. The molecule has 0 saturated carbocycles. The Bertz CT molecular complexity index is 1030. The number of rotatable bonds is 1. The van der Waals surface area contributed by atoms with Crippen molar-refractivity contribution in [2.75, 3.05) is 5.32 Å². The Balaban J connectivity index is 1.66. The number of carbonyl (C=O) groups is 1. The number of aryl methyl sites for hydroxylation is 3. The summed E-state index contributed by atoms with van der Waals surface area (Å²) in [5.74, 6) is 0.931. The van der Waals surface area contributed by atoms with Crippen molar-refractivity contribution < 1.29 is 9.32 Å². The average Bonchev–Trinajstić information content (AvgIpc) is 3.12. The predicted octanol–water partition coefficient (Wildman–Crippen LogP) is 4.34. The smallest absolute Gasteiger partial charge is 0.235 e. The largest absolute Gasteiger partial charge is 0.361 e. The first kappa shape index (κ1) is 15.4. The zero-order chi connectivity index (χ0) is 17.9. The van der Waals surface area contributed by atoms with Crippen LogP contribution in [0.15, 0.2) is 47.0 Å². The summed E-state index contributed by atoms with van der Waals surface area (Å²) in [6, 6.07) is 14.7. The first-order chi connectivity index (χ1) is 12.6. The zero-order valence-electron chi connectivity index (χ0n) is 14.9. The minimum atomic E-state index is -0.474. The van der Waals surface area contributed by atoms with E-state index in [0.29, 0.717) is 0 Å². The molecule has 1 aromatic heterocycles. The molecule has 0 fully saturated rings. The summed E-state index contributed by atoms with van der Waals surface area (Å²) in [5.41, 5.74) is 7.18. The van der Waals surface area contributed by atoms with E-state index in [4.69, 9.17) is 4.52 Å². The third-order valence-electron chi connectivity index (χ3n) is 5.97. The number of nitrogens with zero attached hydrogens (tertiary/aromatic N) is 1. The Morgan fingerprint density at radius 3 is 2.69 bits per heavy atom. The van der Waals surface area contributed by atoms with Crippen LogP contribution in [-0.2, 0) is 23.1 Å². The fraction of sp³-hybridized carbons (Fsp3) is 0.273. The van der Waals surface area contributed by atoms with Crippen LogP contribution >= 0.6 is 0 Å². The van der Waals surface area contributed by atoms with Crippen LogP contribution in [0.1, 0.15) is 34.6 Å². The van der Waals surface area contributed by atoms with Crippen LogP contribution in [0.3, 0.4) is 0 Å². The third-order valence-corrected chi connectivity index (χ3v) is 5.97. The van der Waals surface area contributed by atoms with Crippen molar-refractivity contribution in [1.29, 1.82) is 0 Å². The molecule has 5 rings (SSSR count). The molecule has 0 saturated heterocycles. The lowest BCUT2D eigenvalue weighted by atomic mass is 9.68. The molecule has 2 aromatic carbocycles. The van der Waals surface area contributed by atoms with Gasteiger partial charge in [0.1, 0.15) is 5.76 Å². The number of amides is 1. The van der Waals surface area contributed by atoms with Crippen molar-refractivity contribution in [2.24, 2.45) is 0 Å². The number of anilines is 1. The number of hydrogen-bond acceptors (Lipinski definition) is 3. The Morgan fingerprint density at radius 1 is 1.12 bits per heavy atom. The molecule has 0 bridgehead atoms. The molecule has 4 heteroatoms. The summed E-state index contributed by atoms with van der Waals surface area (Å²) in [6.07, 6.45) is 2.53. The molecular weight excluding hydrogens is 324 g/mol. The molecule has 4 nitrogen and oxygen atoms in total. The molecule has 1 aliphatic heterocycles. The van der Waals surface area contributed by atoms with Gasteiger partial charge in [0, 0.05) is 11.3 Å². The van der Waals surface area contributed by atoms with Crippen LogP contribution in [0.25, 0.3) is 11.1 Å². The van der Waals surface area contributed by atoms with Gasteiger partial charge >= 0.3 is 0 Å². The van der Waals surface area contributed by atoms with E-state index in [2.05, 4.69) is 40.8 Å². The summed E-state index contributed by atoms with van der Waals surface area (Å²) < 4.78 is 5.34. The molecule has 1 N–H and O–H groups in total. The van der Waals surface area contributed by atoms with Crippen molar-refractivity contribution in [3.05, 3.63) is 70.6 Å². The molecule has 2 heterocycles. The Morgan fingerprint density at radius 2 is 1.92 bits per heavy atom. The van der Waals surface area contributed by atoms with E-state index in [1.54, 1.807) is 0 Å². The Hall–Kier alpha value is -2.88. The van der Waals surface area contributed by atoms with E-state index in [-0.39, 0.29) is 5.91 Å². The highest BCUT2D eigenvalue weighted by atomic mass is 16.5. The van der Waals surface area contributed by atoms with Crippen molar-refractivity contribution in [1.82, 2.24) is 5.16 Å². The second-order valence-electron chi connectivity index (χ2n) is 7.44. The second-order valence-corrected chi connectivity index (χ2v) is 7.44. The number of fused-ring (bicyclic) bond motifs is 3. The van der Waals surface area contributed by atoms with E-state index in [1.165, 1.54) is 11.1 Å². The van der Waals surface area contributed by atoms with Crippen LogP contribution in [0.5, 0.6) is 0 Å². The minimum Gasteiger partial charge on any atom is -0.361 e. The highest BCUT2D eigenvalue weighted by Gasteiger charge is 2.48. The van der Waals surface area contributed by atoms with Crippen LogP contribution in [0.4, 0.5) is 5.69 Å². The Kier molecular flexibility index (Phi) is 3.14. The number of benzene rings is 2. The van der Waals surface area contributed by atoms with Crippen LogP contribution < -0.4 is 5.32 Å². The number of aromatic nitrogens is 1. The lowest BCUT2D eigenvalue weighted by Gasteiger charge is -2.33. The van der Waals surface area contributed by atoms with Crippen molar-refractivity contribution in [3.8, 4) is 11.1 Å². The zero-order valence-corrected chi connectivity index (χ0v) is 14.9. The molecule has 2 aliphatic rings. The SMILES string of the molecule is Cc1noc(C)c1-c1ccc2c(c1)C1(CCc3ccccc3C1)C(=O)N2. The number of hydrogen-bond donors (Lipinski definition) is 1. The van der Waals surface area contributed by atoms with Gasteiger partial charge in [-0.1, -0.05) is 35.5 Å². The van der Waals surface area contributed by atoms with Crippen LogP contribution in [-0.4, -0.2) is 11.1 Å². The van der Waals surface area contributed by atoms with Gasteiger partial charge in [0.15, 0.2) is 0 Å². The van der Waals surface area contributed by atoms with Gasteiger partial charge < -0.3 is 9.84 Å². The average molecular weight is 344 g/mol. The number of nitrogens with one attached hydrogen (secondary N) is 1. The summed E-state index contributed by atoms with van der Waals surface area (Å²) in [4.78, 5) is 13.0. The number of carbonyl (C=O) groups excluding carboxylic acids is 1. The van der Waals surface area contributed by atoms with E-state index >= 15 is 0 Å². The van der Waals surface area contributed by atoms with E-state index < -0.39 is 5.41 Å². The fourth-order valence-electron chi connectivity index (χ4n) is 4.62. The van der Waals surface area contributed by atoms with Gasteiger partial charge in [0.2, 0.25) is 5.91 Å². The summed E-state index contributed by atoms with van der Waals surface area (Å²) in [7, 11) is 0. The quantitative estimate of drug-likeness (QED) is 0.714. The van der Waals surface area contributed by atoms with Crippen molar-refractivity contribution >= 4 is 11.6 Å². The summed E-state index contributed by atoms with van der Waals surface area (Å²) in [5, 5.41) is 7.19. The fourth-order valence-corrected chi connectivity index (χ4v) is 4.62. The monoisotopic (exact) mass is 344 g/mol. The first-order valence-corrected chi connectivity index (χ1v) is 9.04. The van der Waals surface area contributed by atoms with Gasteiger partial charge in [0.25, 0.3) is 0 Å². The molecule has 1 aliphatic carbocycles. The molecule has 1 unspecified atom stereocenters. The Labute approximate surface area is 152 Å². The molecule has 26 heavy (non-hydrogen) atoms. The third kappa shape index (κ3) is 2.02. The van der Waals surface area contributed by atoms with Gasteiger partial charge in [0.05, 0.1) is 11.1 Å². The van der Waals surface area contributed by atoms with E-state index in [1.807, 2.05) is 26.0 Å². The summed E-state index contributed by atoms with van der Waals surface area (Å²) >= 11 is 0. The lowest BCUT2D eigenvalue weighted by molar-refractivity contribution is -0.121. The maximum absolute atomic E-state index is 13.0. The minimum absolute atomic E-state index is 0.123. The first-order valence-electron chi connectivity index (χ1n) is 9.04. The highest BCUT2D eigenvalue weighted by Crippen LogP contribution is 2.47. The van der Waals surface area contributed by atoms with Gasteiger partial charge in [-0.25, -0.2) is 0 Å². The van der Waals surface area contributed by atoms with Gasteiger partial charge in [-0.3, -0.25) is 4.79 Å². The highest BCUT2D eigenvalue weighted by molar-refractivity contribution is 6.07. The van der Waals surface area contributed by atoms with Crippen molar-refractivity contribution in [2.45, 2.75) is 38.5 Å². The van der Waals surface area contributed by atoms with Crippen molar-refractivity contribution in [3.63, 3.8) is 0 Å². The van der Waals surface area contributed by atoms with E-state index in [0.717, 1.165) is 53.1 Å². The summed E-state index contributed by atoms with van der Waals surface area (Å²) in [6.45, 7) is 3.88. The normalized spacial score (nSPS) is 20.8. The molecular formula is C22H20N2O2. The van der Waals surface area contributed by atoms with Gasteiger partial charge in [-0.15, -0.1) is 0 Å². The predicted molar refractivity (Wildman–Crippen MR) is 100 cm³/mol. The lowest BCUT2D eigenvalue weighted by Crippen LogP contribution is -2.39. The van der Waals surface area contributed by atoms with Crippen LogP contribution in [0.2, 0.25) is 0 Å². The molecule has 1 amide bonds. The molecule has 1 spiro atoms. The standard InChI is InChI=1S/C22H20N2O2/c1-13-20(14(2)26-24-13)16-7-8-19-18(11-16)22(21(25)23-19)10-9-15-5-3-4-6-17(15)12-22/h3-8,11H,9-10,12H2,1-2H3,(H,23,25). The maximum Gasteiger partial charge on any atom is 0.235 e. The van der Waals surface area contributed by atoms with Gasteiger partial charge in [-0.05, 0) is 67.5 Å². The van der Waals surface area contributed by atoms with Crippen LogP contribution in [0, 0.1) is 13.8 Å². The topological polar surface area (TPSA) is 55.1 Å². The second kappa shape index (κ2) is 5.31. The van der Waals surface area contributed by atoms with Gasteiger partial charge in [-0.2, -0.15) is 0 Å².